The number of benzene rings is 2. The molecule has 136 valence electrons. The van der Waals surface area contributed by atoms with Crippen molar-refractivity contribution in [1.82, 2.24) is 4.90 Å². The molecule has 0 bridgehead atoms. The molecule has 26 heavy (non-hydrogen) atoms. The molecule has 0 aromatic heterocycles. The Morgan fingerprint density at radius 1 is 1.08 bits per heavy atom. The van der Waals surface area contributed by atoms with Crippen LogP contribution >= 0.6 is 11.6 Å². The normalized spacial score (nSPS) is 18.2. The number of sulfonamides is 1. The first-order valence-electron chi connectivity index (χ1n) is 8.26. The van der Waals surface area contributed by atoms with E-state index in [-0.39, 0.29) is 17.3 Å². The number of nitrogens with zero attached hydrogens (tertiary/aromatic N) is 2. The van der Waals surface area contributed by atoms with Crippen LogP contribution in [0.15, 0.2) is 47.4 Å². The molecule has 0 aliphatic carbocycles. The highest BCUT2D eigenvalue weighted by atomic mass is 35.5. The second-order valence-electron chi connectivity index (χ2n) is 6.16. The van der Waals surface area contributed by atoms with E-state index in [1.807, 2.05) is 0 Å². The maximum Gasteiger partial charge on any atom is 0.265 e. The first-order chi connectivity index (χ1) is 12.5. The number of rotatable bonds is 2. The molecule has 8 heteroatoms. The fourth-order valence-corrected chi connectivity index (χ4v) is 5.12. The van der Waals surface area contributed by atoms with Gasteiger partial charge in [-0.25, -0.2) is 8.42 Å². The quantitative estimate of drug-likeness (QED) is 0.787. The molecule has 0 N–H and O–H groups in total. The summed E-state index contributed by atoms with van der Waals surface area (Å²) >= 11 is 6.13. The van der Waals surface area contributed by atoms with Crippen molar-refractivity contribution in [3.8, 4) is 11.1 Å². The molecule has 0 unspecified atom stereocenters. The van der Waals surface area contributed by atoms with Crippen LogP contribution in [0.5, 0.6) is 0 Å². The lowest BCUT2D eigenvalue weighted by atomic mass is 10.0. The van der Waals surface area contributed by atoms with Crippen LogP contribution in [0.1, 0.15) is 0 Å². The predicted molar refractivity (Wildman–Crippen MR) is 98.8 cm³/mol. The highest BCUT2D eigenvalue weighted by molar-refractivity contribution is 7.93. The van der Waals surface area contributed by atoms with Crippen LogP contribution in [0, 0.1) is 0 Å². The molecular weight excluding hydrogens is 376 g/mol. The van der Waals surface area contributed by atoms with Crippen LogP contribution in [0.25, 0.3) is 11.1 Å². The van der Waals surface area contributed by atoms with E-state index in [1.165, 1.54) is 4.31 Å². The number of fused-ring (bicyclic) bond motifs is 3. The minimum absolute atomic E-state index is 0.185. The first-order valence-corrected chi connectivity index (χ1v) is 10.1. The summed E-state index contributed by atoms with van der Waals surface area (Å²) in [5, 5.41) is 0.511. The minimum Gasteiger partial charge on any atom is -0.378 e. The van der Waals surface area contributed by atoms with Crippen LogP contribution < -0.4 is 4.31 Å². The number of morpholine rings is 1. The van der Waals surface area contributed by atoms with Gasteiger partial charge in [-0.3, -0.25) is 9.10 Å². The topological polar surface area (TPSA) is 66.9 Å². The van der Waals surface area contributed by atoms with E-state index in [1.54, 1.807) is 47.4 Å². The monoisotopic (exact) mass is 392 g/mol. The summed E-state index contributed by atoms with van der Waals surface area (Å²) in [6.45, 7) is 1.62. The van der Waals surface area contributed by atoms with E-state index in [9.17, 15) is 13.2 Å². The average molecular weight is 393 g/mol. The summed E-state index contributed by atoms with van der Waals surface area (Å²) in [6, 6.07) is 11.8. The summed E-state index contributed by atoms with van der Waals surface area (Å²) in [5.41, 5.74) is 1.77. The van der Waals surface area contributed by atoms with Crippen molar-refractivity contribution in [3.63, 3.8) is 0 Å². The van der Waals surface area contributed by atoms with Gasteiger partial charge in [0.1, 0.15) is 6.54 Å². The zero-order chi connectivity index (χ0) is 18.3. The molecule has 0 saturated carbocycles. The maximum absolute atomic E-state index is 13.2. The average Bonchev–Trinajstić information content (AvgIpc) is 2.66. The van der Waals surface area contributed by atoms with E-state index in [0.717, 1.165) is 0 Å². The van der Waals surface area contributed by atoms with Gasteiger partial charge in [0.05, 0.1) is 23.8 Å². The highest BCUT2D eigenvalue weighted by Crippen LogP contribution is 2.43. The predicted octanol–water partition coefficient (Wildman–Crippen LogP) is 2.37. The van der Waals surface area contributed by atoms with Gasteiger partial charge in [-0.15, -0.1) is 0 Å². The Morgan fingerprint density at radius 2 is 1.81 bits per heavy atom. The van der Waals surface area contributed by atoms with Gasteiger partial charge in [-0.2, -0.15) is 0 Å². The Morgan fingerprint density at radius 3 is 2.58 bits per heavy atom. The molecule has 0 spiro atoms. The Labute approximate surface area is 157 Å². The first kappa shape index (κ1) is 17.3. The number of hydrogen-bond acceptors (Lipinski definition) is 4. The second kappa shape index (κ2) is 6.57. The lowest BCUT2D eigenvalue weighted by Crippen LogP contribution is -2.47. The zero-order valence-corrected chi connectivity index (χ0v) is 15.5. The minimum atomic E-state index is -3.83. The molecule has 2 heterocycles. The van der Waals surface area contributed by atoms with Crippen molar-refractivity contribution in [2.24, 2.45) is 0 Å². The largest absolute Gasteiger partial charge is 0.378 e. The molecule has 1 saturated heterocycles. The molecule has 6 nitrogen and oxygen atoms in total. The van der Waals surface area contributed by atoms with Crippen molar-refractivity contribution in [2.45, 2.75) is 4.90 Å². The SMILES string of the molecule is O=C(CN1c2ccc(Cl)cc2-c2ccccc2S1(=O)=O)N1CCOCC1. The standard InChI is InChI=1S/C18H17ClN2O4S/c19-13-5-6-16-15(11-13)14-3-1-2-4-17(14)26(23,24)21(16)12-18(22)20-7-9-25-10-8-20/h1-6,11H,7-10,12H2. The van der Waals surface area contributed by atoms with Gasteiger partial charge in [0.2, 0.25) is 5.91 Å². The maximum atomic E-state index is 13.2. The van der Waals surface area contributed by atoms with E-state index in [4.69, 9.17) is 16.3 Å². The Balaban J connectivity index is 1.78. The van der Waals surface area contributed by atoms with Gasteiger partial charge in [0, 0.05) is 29.2 Å². The Bertz CT molecular complexity index is 971. The lowest BCUT2D eigenvalue weighted by Gasteiger charge is -2.34. The van der Waals surface area contributed by atoms with E-state index < -0.39 is 10.0 Å². The van der Waals surface area contributed by atoms with Crippen LogP contribution in [0.4, 0.5) is 5.69 Å². The number of carbonyl (C=O) groups excluding carboxylic acids is 1. The molecule has 0 radical (unpaired) electrons. The lowest BCUT2D eigenvalue weighted by molar-refractivity contribution is -0.133. The third-order valence-corrected chi connectivity index (χ3v) is 6.67. The third-order valence-electron chi connectivity index (χ3n) is 4.62. The van der Waals surface area contributed by atoms with Crippen molar-refractivity contribution < 1.29 is 17.9 Å². The second-order valence-corrected chi connectivity index (χ2v) is 8.43. The van der Waals surface area contributed by atoms with Gasteiger partial charge in [0.25, 0.3) is 10.0 Å². The third kappa shape index (κ3) is 2.86. The van der Waals surface area contributed by atoms with Gasteiger partial charge < -0.3 is 9.64 Å². The number of ether oxygens (including phenoxy) is 1. The summed E-state index contributed by atoms with van der Waals surface area (Å²) in [4.78, 5) is 14.5. The van der Waals surface area contributed by atoms with Crippen LogP contribution in [-0.4, -0.2) is 52.1 Å². The van der Waals surface area contributed by atoms with Crippen LogP contribution in [-0.2, 0) is 19.6 Å². The molecule has 2 aromatic rings. The number of halogens is 1. The number of anilines is 1. The highest BCUT2D eigenvalue weighted by Gasteiger charge is 2.36. The van der Waals surface area contributed by atoms with Gasteiger partial charge >= 0.3 is 0 Å². The molecular formula is C18H17ClN2O4S. The molecule has 0 atom stereocenters. The summed E-state index contributed by atoms with van der Waals surface area (Å²) < 4.78 is 32.8. The van der Waals surface area contributed by atoms with Crippen molar-refractivity contribution in [2.75, 3.05) is 37.2 Å². The van der Waals surface area contributed by atoms with Crippen molar-refractivity contribution >= 4 is 33.2 Å². The Hall–Kier alpha value is -2.09. The number of amides is 1. The summed E-state index contributed by atoms with van der Waals surface area (Å²) in [6.07, 6.45) is 0. The van der Waals surface area contributed by atoms with E-state index in [2.05, 4.69) is 0 Å². The van der Waals surface area contributed by atoms with E-state index >= 15 is 0 Å². The summed E-state index contributed by atoms with van der Waals surface area (Å²) in [5.74, 6) is -0.239. The smallest absolute Gasteiger partial charge is 0.265 e. The van der Waals surface area contributed by atoms with Gasteiger partial charge in [-0.05, 0) is 24.3 Å². The van der Waals surface area contributed by atoms with Gasteiger partial charge in [0.15, 0.2) is 0 Å². The van der Waals surface area contributed by atoms with Crippen LogP contribution in [0.3, 0.4) is 0 Å². The van der Waals surface area contributed by atoms with Crippen LogP contribution in [0.2, 0.25) is 5.02 Å². The fraction of sp³-hybridized carbons (Fsp3) is 0.278. The number of carbonyl (C=O) groups is 1. The van der Waals surface area contributed by atoms with E-state index in [0.29, 0.717) is 48.1 Å². The van der Waals surface area contributed by atoms with Gasteiger partial charge in [-0.1, -0.05) is 29.8 Å². The molecule has 2 aromatic carbocycles. The molecule has 1 fully saturated rings. The fourth-order valence-electron chi connectivity index (χ4n) is 3.31. The van der Waals surface area contributed by atoms with Crippen molar-refractivity contribution in [3.05, 3.63) is 47.5 Å². The Kier molecular flexibility index (Phi) is 4.38. The summed E-state index contributed by atoms with van der Waals surface area (Å²) in [7, 11) is -3.83. The molecule has 1 amide bonds. The molecule has 2 aliphatic rings. The molecule has 2 aliphatic heterocycles. The van der Waals surface area contributed by atoms with Crippen molar-refractivity contribution in [1.29, 1.82) is 0 Å². The number of hydrogen-bond donors (Lipinski definition) is 0. The molecule has 4 rings (SSSR count). The zero-order valence-electron chi connectivity index (χ0n) is 13.9.